The van der Waals surface area contributed by atoms with Gasteiger partial charge in [-0.2, -0.15) is 26.3 Å². The van der Waals surface area contributed by atoms with E-state index in [2.05, 4.69) is 0 Å². The van der Waals surface area contributed by atoms with Crippen molar-refractivity contribution >= 4 is 23.2 Å². The van der Waals surface area contributed by atoms with Gasteiger partial charge in [-0.15, -0.1) is 0 Å². The standard InChI is InChI=1S/C11H9ClF6N2O/c12-7-3-1-2-6(11(16,17)18)9(7)20-8(21)4-19-5-10(13,14)15/h1-3,19H,4-5H2,(H,20,21). The van der Waals surface area contributed by atoms with Crippen molar-refractivity contribution in [2.45, 2.75) is 12.4 Å². The van der Waals surface area contributed by atoms with E-state index in [1.165, 1.54) is 0 Å². The zero-order valence-electron chi connectivity index (χ0n) is 10.2. The average Bonchev–Trinajstić information content (AvgIpc) is 2.28. The summed E-state index contributed by atoms with van der Waals surface area (Å²) in [5.74, 6) is -1.07. The molecule has 1 amide bonds. The van der Waals surface area contributed by atoms with Gasteiger partial charge in [0, 0.05) is 0 Å². The number of carbonyl (C=O) groups is 1. The Morgan fingerprint density at radius 1 is 1.14 bits per heavy atom. The zero-order chi connectivity index (χ0) is 16.3. The highest BCUT2D eigenvalue weighted by Crippen LogP contribution is 2.38. The van der Waals surface area contributed by atoms with Crippen LogP contribution in [0.4, 0.5) is 32.0 Å². The normalized spacial score (nSPS) is 12.3. The van der Waals surface area contributed by atoms with Crippen molar-refractivity contribution in [2.75, 3.05) is 18.4 Å². The van der Waals surface area contributed by atoms with Crippen LogP contribution in [-0.4, -0.2) is 25.2 Å². The Hall–Kier alpha value is -1.48. The molecule has 0 saturated heterocycles. The van der Waals surface area contributed by atoms with E-state index in [0.29, 0.717) is 6.07 Å². The fourth-order valence-electron chi connectivity index (χ4n) is 1.39. The molecule has 0 aliphatic carbocycles. The summed E-state index contributed by atoms with van der Waals surface area (Å²) in [6.07, 6.45) is -9.28. The van der Waals surface area contributed by atoms with Crippen LogP contribution in [0, 0.1) is 0 Å². The number of anilines is 1. The number of carbonyl (C=O) groups excluding carboxylic acids is 1. The molecule has 10 heteroatoms. The van der Waals surface area contributed by atoms with Gasteiger partial charge >= 0.3 is 12.4 Å². The first kappa shape index (κ1) is 17.6. The highest BCUT2D eigenvalue weighted by molar-refractivity contribution is 6.34. The van der Waals surface area contributed by atoms with Crippen molar-refractivity contribution in [2.24, 2.45) is 0 Å². The van der Waals surface area contributed by atoms with E-state index >= 15 is 0 Å². The molecule has 118 valence electrons. The quantitative estimate of drug-likeness (QED) is 0.828. The second-order valence-corrected chi connectivity index (χ2v) is 4.33. The maximum Gasteiger partial charge on any atom is 0.418 e. The van der Waals surface area contributed by atoms with E-state index in [1.807, 2.05) is 5.32 Å². The Balaban J connectivity index is 2.77. The second kappa shape index (κ2) is 6.52. The third-order valence-electron chi connectivity index (χ3n) is 2.19. The van der Waals surface area contributed by atoms with Gasteiger partial charge in [0.15, 0.2) is 0 Å². The van der Waals surface area contributed by atoms with Gasteiger partial charge in [-0.1, -0.05) is 17.7 Å². The molecule has 0 unspecified atom stereocenters. The summed E-state index contributed by atoms with van der Waals surface area (Å²) < 4.78 is 73.7. The molecule has 0 atom stereocenters. The first-order valence-corrected chi connectivity index (χ1v) is 5.81. The minimum atomic E-state index is -4.76. The van der Waals surface area contributed by atoms with Crippen molar-refractivity contribution in [1.29, 1.82) is 0 Å². The van der Waals surface area contributed by atoms with Gasteiger partial charge in [0.05, 0.1) is 29.4 Å². The van der Waals surface area contributed by atoms with Crippen LogP contribution >= 0.6 is 11.6 Å². The van der Waals surface area contributed by atoms with Crippen LogP contribution in [-0.2, 0) is 11.0 Å². The van der Waals surface area contributed by atoms with E-state index < -0.39 is 42.6 Å². The second-order valence-electron chi connectivity index (χ2n) is 3.93. The maximum absolute atomic E-state index is 12.7. The molecule has 0 aliphatic heterocycles. The van der Waals surface area contributed by atoms with E-state index in [9.17, 15) is 31.1 Å². The summed E-state index contributed by atoms with van der Waals surface area (Å²) >= 11 is 5.57. The molecule has 1 aromatic carbocycles. The van der Waals surface area contributed by atoms with Gasteiger partial charge in [-0.05, 0) is 12.1 Å². The molecular formula is C11H9ClF6N2O. The third kappa shape index (κ3) is 5.80. The molecule has 3 nitrogen and oxygen atoms in total. The van der Waals surface area contributed by atoms with Crippen molar-refractivity contribution in [1.82, 2.24) is 5.32 Å². The van der Waals surface area contributed by atoms with E-state index in [1.54, 1.807) is 5.32 Å². The van der Waals surface area contributed by atoms with Gasteiger partial charge in [-0.25, -0.2) is 0 Å². The molecule has 0 bridgehead atoms. The van der Waals surface area contributed by atoms with E-state index in [4.69, 9.17) is 11.6 Å². The lowest BCUT2D eigenvalue weighted by atomic mass is 10.1. The topological polar surface area (TPSA) is 41.1 Å². The Morgan fingerprint density at radius 2 is 1.76 bits per heavy atom. The molecule has 1 rings (SSSR count). The van der Waals surface area contributed by atoms with Crippen molar-refractivity contribution < 1.29 is 31.1 Å². The van der Waals surface area contributed by atoms with Gasteiger partial charge < -0.3 is 10.6 Å². The van der Waals surface area contributed by atoms with E-state index in [-0.39, 0.29) is 5.02 Å². The lowest BCUT2D eigenvalue weighted by Crippen LogP contribution is -2.35. The molecule has 0 aliphatic rings. The largest absolute Gasteiger partial charge is 0.418 e. The highest BCUT2D eigenvalue weighted by Gasteiger charge is 2.34. The first-order valence-electron chi connectivity index (χ1n) is 5.44. The first-order chi connectivity index (χ1) is 9.50. The van der Waals surface area contributed by atoms with Crippen LogP contribution in [0.3, 0.4) is 0 Å². The molecule has 0 aromatic heterocycles. The number of hydrogen-bond donors (Lipinski definition) is 2. The summed E-state index contributed by atoms with van der Waals surface area (Å²) in [7, 11) is 0. The average molecular weight is 335 g/mol. The molecule has 0 fully saturated rings. The van der Waals surface area contributed by atoms with Crippen LogP contribution in [0.15, 0.2) is 18.2 Å². The van der Waals surface area contributed by atoms with Crippen molar-refractivity contribution in [3.8, 4) is 0 Å². The predicted octanol–water partition coefficient (Wildman–Crippen LogP) is 3.45. The minimum absolute atomic E-state index is 0.367. The van der Waals surface area contributed by atoms with Crippen molar-refractivity contribution in [3.05, 3.63) is 28.8 Å². The SMILES string of the molecule is O=C(CNCC(F)(F)F)Nc1c(Cl)cccc1C(F)(F)F. The minimum Gasteiger partial charge on any atom is -0.323 e. The lowest BCUT2D eigenvalue weighted by molar-refractivity contribution is -0.137. The fraction of sp³-hybridized carbons (Fsp3) is 0.364. The molecule has 0 radical (unpaired) electrons. The maximum atomic E-state index is 12.7. The van der Waals surface area contributed by atoms with Gasteiger partial charge in [-0.3, -0.25) is 4.79 Å². The van der Waals surface area contributed by atoms with Gasteiger partial charge in [0.2, 0.25) is 5.91 Å². The molecule has 21 heavy (non-hydrogen) atoms. The Labute approximate surface area is 120 Å². The van der Waals surface area contributed by atoms with Crippen LogP contribution in [0.2, 0.25) is 5.02 Å². The zero-order valence-corrected chi connectivity index (χ0v) is 11.0. The number of para-hydroxylation sites is 1. The number of benzene rings is 1. The van der Waals surface area contributed by atoms with Gasteiger partial charge in [0.25, 0.3) is 0 Å². The molecule has 1 aromatic rings. The van der Waals surface area contributed by atoms with Crippen LogP contribution in [0.5, 0.6) is 0 Å². The number of hydrogen-bond acceptors (Lipinski definition) is 2. The lowest BCUT2D eigenvalue weighted by Gasteiger charge is -2.15. The van der Waals surface area contributed by atoms with Crippen LogP contribution in [0.1, 0.15) is 5.56 Å². The Bertz CT molecular complexity index is 514. The monoisotopic (exact) mass is 334 g/mol. The summed E-state index contributed by atoms with van der Waals surface area (Å²) in [5, 5.41) is 3.25. The Morgan fingerprint density at radius 3 is 2.29 bits per heavy atom. The van der Waals surface area contributed by atoms with Gasteiger partial charge in [0.1, 0.15) is 0 Å². The molecule has 2 N–H and O–H groups in total. The number of nitrogens with one attached hydrogen (secondary N) is 2. The summed E-state index contributed by atoms with van der Waals surface area (Å²) in [4.78, 5) is 11.4. The van der Waals surface area contributed by atoms with Crippen LogP contribution in [0.25, 0.3) is 0 Å². The Kier molecular flexibility index (Phi) is 5.46. The molecule has 0 saturated carbocycles. The summed E-state index contributed by atoms with van der Waals surface area (Å²) in [5.41, 5.74) is -1.87. The molecule has 0 heterocycles. The molecule has 0 spiro atoms. The number of rotatable bonds is 4. The highest BCUT2D eigenvalue weighted by atomic mass is 35.5. The van der Waals surface area contributed by atoms with Crippen LogP contribution < -0.4 is 10.6 Å². The summed E-state index contributed by atoms with van der Waals surface area (Å²) in [6.45, 7) is -2.24. The molecular weight excluding hydrogens is 326 g/mol. The van der Waals surface area contributed by atoms with Crippen molar-refractivity contribution in [3.63, 3.8) is 0 Å². The fourth-order valence-corrected chi connectivity index (χ4v) is 1.61. The number of halogens is 7. The smallest absolute Gasteiger partial charge is 0.323 e. The third-order valence-corrected chi connectivity index (χ3v) is 2.51. The summed E-state index contributed by atoms with van der Waals surface area (Å²) in [6, 6.07) is 2.86. The predicted molar refractivity (Wildman–Crippen MR) is 64.0 cm³/mol. The number of alkyl halides is 6. The number of amides is 1. The van der Waals surface area contributed by atoms with E-state index in [0.717, 1.165) is 12.1 Å².